The normalized spacial score (nSPS) is 10.1. The van der Waals surface area contributed by atoms with E-state index in [2.05, 4.69) is 21.2 Å². The molecular weight excluding hydrogens is 240 g/mol. The van der Waals surface area contributed by atoms with Crippen molar-refractivity contribution in [2.45, 2.75) is 6.92 Å². The highest BCUT2D eigenvalue weighted by molar-refractivity contribution is 7.80. The van der Waals surface area contributed by atoms with Gasteiger partial charge in [-0.25, -0.2) is 4.98 Å². The molecule has 0 fully saturated rings. The Kier molecular flexibility index (Phi) is 3.53. The molecule has 0 aliphatic rings. The zero-order chi connectivity index (χ0) is 11.4. The van der Waals surface area contributed by atoms with Gasteiger partial charge >= 0.3 is 0 Å². The zero-order valence-corrected chi connectivity index (χ0v) is 10.4. The maximum atomic E-state index is 5.03. The lowest BCUT2D eigenvalue weighted by Gasteiger charge is -2.08. The van der Waals surface area contributed by atoms with Crippen LogP contribution in [-0.2, 0) is 0 Å². The van der Waals surface area contributed by atoms with E-state index in [1.54, 1.807) is 11.3 Å². The smallest absolute Gasteiger partial charge is 0.202 e. The van der Waals surface area contributed by atoms with Crippen LogP contribution in [0.25, 0.3) is 10.2 Å². The molecule has 1 aromatic carbocycles. The molecule has 2 aromatic rings. The summed E-state index contributed by atoms with van der Waals surface area (Å²) >= 11 is 6.61. The maximum absolute atomic E-state index is 5.03. The third kappa shape index (κ3) is 2.59. The molecule has 2 rings (SSSR count). The predicted molar refractivity (Wildman–Crippen MR) is 72.7 cm³/mol. The molecule has 0 aliphatic carbocycles. The summed E-state index contributed by atoms with van der Waals surface area (Å²) in [5.74, 6) is 0. The fourth-order valence-electron chi connectivity index (χ4n) is 1.24. The third-order valence-corrected chi connectivity index (χ3v) is 3.11. The lowest BCUT2D eigenvalue weighted by molar-refractivity contribution is 0.927. The molecule has 6 heteroatoms. The van der Waals surface area contributed by atoms with Crippen molar-refractivity contribution in [3.05, 3.63) is 24.3 Å². The molecular formula is C10H12N4S2. The minimum atomic E-state index is 0.571. The van der Waals surface area contributed by atoms with Crippen LogP contribution in [0.3, 0.4) is 0 Å². The summed E-state index contributed by atoms with van der Waals surface area (Å²) in [7, 11) is 0. The number of rotatable bonds is 3. The number of benzene rings is 1. The molecule has 84 valence electrons. The van der Waals surface area contributed by atoms with Crippen molar-refractivity contribution in [3.8, 4) is 0 Å². The van der Waals surface area contributed by atoms with Gasteiger partial charge in [-0.05, 0) is 31.3 Å². The Bertz CT molecular complexity index is 461. The molecule has 0 aliphatic heterocycles. The summed E-state index contributed by atoms with van der Waals surface area (Å²) < 4.78 is 1.15. The van der Waals surface area contributed by atoms with Crippen LogP contribution in [0.15, 0.2) is 24.3 Å². The molecule has 16 heavy (non-hydrogen) atoms. The van der Waals surface area contributed by atoms with Crippen molar-refractivity contribution >= 4 is 44.0 Å². The van der Waals surface area contributed by atoms with E-state index < -0.39 is 0 Å². The minimum absolute atomic E-state index is 0.571. The fraction of sp³-hybridized carbons (Fsp3) is 0.200. The number of aromatic nitrogens is 1. The number of thiazole rings is 1. The summed E-state index contributed by atoms with van der Waals surface area (Å²) in [5, 5.41) is 4.36. The Morgan fingerprint density at radius 2 is 2.25 bits per heavy atom. The second kappa shape index (κ2) is 5.09. The largest absolute Gasteiger partial charge is 0.362 e. The van der Waals surface area contributed by atoms with Gasteiger partial charge in [0, 0.05) is 6.54 Å². The van der Waals surface area contributed by atoms with Gasteiger partial charge in [0.2, 0.25) is 5.13 Å². The van der Waals surface area contributed by atoms with Gasteiger partial charge in [-0.15, -0.1) is 0 Å². The highest BCUT2D eigenvalue weighted by atomic mass is 32.1. The van der Waals surface area contributed by atoms with Gasteiger partial charge in [-0.1, -0.05) is 23.5 Å². The summed E-state index contributed by atoms with van der Waals surface area (Å²) in [6, 6.07) is 8.00. The van der Waals surface area contributed by atoms with Crippen LogP contribution in [0, 0.1) is 0 Å². The molecule has 1 aromatic heterocycles. The van der Waals surface area contributed by atoms with Crippen molar-refractivity contribution in [1.29, 1.82) is 0 Å². The lowest BCUT2D eigenvalue weighted by Crippen LogP contribution is -2.38. The van der Waals surface area contributed by atoms with Crippen LogP contribution < -0.4 is 16.2 Å². The predicted octanol–water partition coefficient (Wildman–Crippen LogP) is 2.11. The van der Waals surface area contributed by atoms with Crippen LogP contribution in [0.5, 0.6) is 0 Å². The third-order valence-electron chi connectivity index (χ3n) is 1.91. The van der Waals surface area contributed by atoms with E-state index in [1.807, 2.05) is 31.2 Å². The number of nitrogens with one attached hydrogen (secondary N) is 3. The zero-order valence-electron chi connectivity index (χ0n) is 8.78. The van der Waals surface area contributed by atoms with Gasteiger partial charge in [-0.3, -0.25) is 10.9 Å². The van der Waals surface area contributed by atoms with Gasteiger partial charge in [0.15, 0.2) is 5.11 Å². The molecule has 0 atom stereocenters. The Morgan fingerprint density at radius 3 is 3.00 bits per heavy atom. The first-order valence-corrected chi connectivity index (χ1v) is 6.17. The number of fused-ring (bicyclic) bond motifs is 1. The molecule has 0 saturated heterocycles. The van der Waals surface area contributed by atoms with Crippen LogP contribution in [-0.4, -0.2) is 16.6 Å². The number of hydrogen-bond donors (Lipinski definition) is 3. The first-order valence-electron chi connectivity index (χ1n) is 4.95. The molecule has 0 radical (unpaired) electrons. The molecule has 0 unspecified atom stereocenters. The van der Waals surface area contributed by atoms with Crippen molar-refractivity contribution < 1.29 is 0 Å². The second-order valence-electron chi connectivity index (χ2n) is 3.10. The van der Waals surface area contributed by atoms with Gasteiger partial charge in [0.1, 0.15) is 0 Å². The Hall–Kier alpha value is -1.40. The fourth-order valence-corrected chi connectivity index (χ4v) is 2.26. The van der Waals surface area contributed by atoms with Crippen LogP contribution in [0.2, 0.25) is 0 Å². The number of para-hydroxylation sites is 1. The standard InChI is InChI=1S/C10H12N4S2/c1-2-11-9(15)13-14-10-12-7-5-3-4-6-8(7)16-10/h3-6H,2H2,1H3,(H,12,14)(H2,11,13,15). The SMILES string of the molecule is CCNC(=S)NNc1nc2ccccc2s1. The first kappa shape index (κ1) is 11.1. The van der Waals surface area contributed by atoms with E-state index in [4.69, 9.17) is 12.2 Å². The highest BCUT2D eigenvalue weighted by Gasteiger charge is 2.02. The minimum Gasteiger partial charge on any atom is -0.362 e. The van der Waals surface area contributed by atoms with Gasteiger partial charge < -0.3 is 5.32 Å². The quantitative estimate of drug-likeness (QED) is 0.577. The highest BCUT2D eigenvalue weighted by Crippen LogP contribution is 2.24. The lowest BCUT2D eigenvalue weighted by atomic mass is 10.3. The van der Waals surface area contributed by atoms with E-state index in [1.165, 1.54) is 0 Å². The Balaban J connectivity index is 2.02. The summed E-state index contributed by atoms with van der Waals surface area (Å²) in [6.45, 7) is 2.79. The average Bonchev–Trinajstić information content (AvgIpc) is 2.69. The summed E-state index contributed by atoms with van der Waals surface area (Å²) in [6.07, 6.45) is 0. The number of anilines is 1. The molecule has 0 saturated carbocycles. The monoisotopic (exact) mass is 252 g/mol. The number of hydrazine groups is 1. The van der Waals surface area contributed by atoms with E-state index in [9.17, 15) is 0 Å². The summed E-state index contributed by atoms with van der Waals surface area (Å²) in [4.78, 5) is 4.40. The van der Waals surface area contributed by atoms with E-state index >= 15 is 0 Å². The van der Waals surface area contributed by atoms with E-state index in [0.717, 1.165) is 21.9 Å². The topological polar surface area (TPSA) is 49.0 Å². The van der Waals surface area contributed by atoms with Crippen LogP contribution in [0.4, 0.5) is 5.13 Å². The Labute approximate surface area is 103 Å². The molecule has 4 nitrogen and oxygen atoms in total. The Morgan fingerprint density at radius 1 is 1.44 bits per heavy atom. The van der Waals surface area contributed by atoms with E-state index in [0.29, 0.717) is 5.11 Å². The number of thiocarbonyl (C=S) groups is 1. The van der Waals surface area contributed by atoms with Crippen LogP contribution in [0.1, 0.15) is 6.92 Å². The molecule has 0 spiro atoms. The molecule has 1 heterocycles. The van der Waals surface area contributed by atoms with E-state index in [-0.39, 0.29) is 0 Å². The number of hydrogen-bond acceptors (Lipinski definition) is 4. The summed E-state index contributed by atoms with van der Waals surface area (Å²) in [5.41, 5.74) is 6.84. The number of nitrogens with zero attached hydrogens (tertiary/aromatic N) is 1. The second-order valence-corrected chi connectivity index (χ2v) is 4.54. The van der Waals surface area contributed by atoms with Gasteiger partial charge in [0.05, 0.1) is 10.2 Å². The van der Waals surface area contributed by atoms with Crippen molar-refractivity contribution in [2.75, 3.05) is 12.0 Å². The maximum Gasteiger partial charge on any atom is 0.202 e. The van der Waals surface area contributed by atoms with Crippen molar-refractivity contribution in [1.82, 2.24) is 15.7 Å². The first-order chi connectivity index (χ1) is 7.79. The van der Waals surface area contributed by atoms with Gasteiger partial charge in [0.25, 0.3) is 0 Å². The average molecular weight is 252 g/mol. The molecule has 3 N–H and O–H groups in total. The van der Waals surface area contributed by atoms with Crippen molar-refractivity contribution in [2.24, 2.45) is 0 Å². The molecule has 0 amide bonds. The van der Waals surface area contributed by atoms with Crippen LogP contribution >= 0.6 is 23.6 Å². The molecule has 0 bridgehead atoms. The van der Waals surface area contributed by atoms with Gasteiger partial charge in [-0.2, -0.15) is 0 Å². The van der Waals surface area contributed by atoms with Crippen molar-refractivity contribution in [3.63, 3.8) is 0 Å².